The van der Waals surface area contributed by atoms with Gasteiger partial charge in [0.15, 0.2) is 5.79 Å². The molecule has 1 aromatic rings. The van der Waals surface area contributed by atoms with Crippen molar-refractivity contribution >= 4 is 18.6 Å². The van der Waals surface area contributed by atoms with Crippen molar-refractivity contribution in [1.82, 2.24) is 4.72 Å². The average molecular weight is 436 g/mol. The maximum atomic E-state index is 13.6. The fourth-order valence-corrected chi connectivity index (χ4v) is 5.99. The van der Waals surface area contributed by atoms with E-state index in [4.69, 9.17) is 18.5 Å². The maximum Gasteiger partial charge on any atom is 0.351 e. The van der Waals surface area contributed by atoms with Gasteiger partial charge < -0.3 is 18.5 Å². The van der Waals surface area contributed by atoms with Crippen LogP contribution in [0.4, 0.5) is 0 Å². The molecule has 0 aliphatic heterocycles. The molecule has 0 fully saturated rings. The molecule has 0 bridgehead atoms. The number of methoxy groups -OCH3 is 2. The van der Waals surface area contributed by atoms with Gasteiger partial charge in [-0.25, -0.2) is 8.93 Å². The second-order valence-corrected chi connectivity index (χ2v) is 10.5. The fraction of sp³-hybridized carbons (Fsp3) is 0.684. The first-order valence-corrected chi connectivity index (χ1v) is 12.0. The second-order valence-electron chi connectivity index (χ2n) is 6.83. The molecule has 1 rings (SSSR count). The summed E-state index contributed by atoms with van der Waals surface area (Å²) in [6.45, 7) is 9.36. The van der Waals surface area contributed by atoms with E-state index in [1.807, 2.05) is 19.1 Å². The topological polar surface area (TPSA) is 83.1 Å². The van der Waals surface area contributed by atoms with E-state index in [9.17, 15) is 8.77 Å². The van der Waals surface area contributed by atoms with Crippen LogP contribution in [-0.4, -0.2) is 42.7 Å². The predicted octanol–water partition coefficient (Wildman–Crippen LogP) is 4.38. The number of ether oxygens (including phenoxy) is 2. The van der Waals surface area contributed by atoms with Gasteiger partial charge >= 0.3 is 7.60 Å². The summed E-state index contributed by atoms with van der Waals surface area (Å²) in [5.74, 6) is -0.877. The molecule has 0 saturated carbocycles. The van der Waals surface area contributed by atoms with Gasteiger partial charge in [0, 0.05) is 20.6 Å². The van der Waals surface area contributed by atoms with Gasteiger partial charge in [-0.15, -0.1) is 0 Å². The fourth-order valence-electron chi connectivity index (χ4n) is 2.58. The maximum absolute atomic E-state index is 13.6. The highest BCUT2D eigenvalue weighted by Gasteiger charge is 2.49. The summed E-state index contributed by atoms with van der Waals surface area (Å²) in [5, 5.41) is -1.22. The zero-order chi connectivity index (χ0) is 21.4. The first kappa shape index (κ1) is 25.4. The van der Waals surface area contributed by atoms with Crippen LogP contribution in [0.1, 0.15) is 46.1 Å². The van der Waals surface area contributed by atoms with E-state index in [1.54, 1.807) is 54.0 Å². The van der Waals surface area contributed by atoms with E-state index in [0.717, 1.165) is 5.56 Å². The first-order valence-electron chi connectivity index (χ1n) is 9.34. The Kier molecular flexibility index (Phi) is 9.97. The van der Waals surface area contributed by atoms with Crippen LogP contribution in [0.15, 0.2) is 29.2 Å². The van der Waals surface area contributed by atoms with Crippen LogP contribution >= 0.6 is 7.60 Å². The zero-order valence-electron chi connectivity index (χ0n) is 17.9. The highest BCUT2D eigenvalue weighted by Crippen LogP contribution is 2.61. The third-order valence-corrected chi connectivity index (χ3v) is 8.91. The number of hydrogen-bond donors (Lipinski definition) is 1. The van der Waals surface area contributed by atoms with Gasteiger partial charge in [0.25, 0.3) is 0 Å². The molecule has 0 spiro atoms. The first-order chi connectivity index (χ1) is 13.1. The number of hydrogen-bond acceptors (Lipinski definition) is 6. The van der Waals surface area contributed by atoms with E-state index in [2.05, 4.69) is 4.72 Å². The Bertz CT molecular complexity index is 670. The van der Waals surface area contributed by atoms with Crippen molar-refractivity contribution in [3.63, 3.8) is 0 Å². The second kappa shape index (κ2) is 11.0. The third kappa shape index (κ3) is 6.46. The van der Waals surface area contributed by atoms with Crippen LogP contribution in [-0.2, 0) is 34.1 Å². The van der Waals surface area contributed by atoms with Gasteiger partial charge in [-0.2, -0.15) is 0 Å². The molecule has 28 heavy (non-hydrogen) atoms. The van der Waals surface area contributed by atoms with Gasteiger partial charge in [-0.1, -0.05) is 17.7 Å². The normalized spacial score (nSPS) is 16.0. The molecular weight excluding hydrogens is 401 g/mol. The molecule has 0 saturated heterocycles. The Morgan fingerprint density at radius 3 is 1.93 bits per heavy atom. The summed E-state index contributed by atoms with van der Waals surface area (Å²) < 4.78 is 51.6. The summed E-state index contributed by atoms with van der Waals surface area (Å²) >= 11 is 0. The third-order valence-electron chi connectivity index (χ3n) is 4.68. The summed E-state index contributed by atoms with van der Waals surface area (Å²) in [6.07, 6.45) is 0.679. The highest BCUT2D eigenvalue weighted by atomic mass is 32.2. The SMILES string of the molecule is CCOP(=O)(OCC)[C@](C)(CCC(C)(OC)OC)N[S@@](=O)c1ccc(C)cc1. The van der Waals surface area contributed by atoms with Crippen molar-refractivity contribution in [1.29, 1.82) is 0 Å². The molecule has 9 heteroatoms. The Morgan fingerprint density at radius 2 is 1.50 bits per heavy atom. The molecule has 0 radical (unpaired) electrons. The average Bonchev–Trinajstić information content (AvgIpc) is 2.67. The van der Waals surface area contributed by atoms with Crippen LogP contribution in [0, 0.1) is 6.92 Å². The molecule has 7 nitrogen and oxygen atoms in total. The summed E-state index contributed by atoms with van der Waals surface area (Å²) in [5.41, 5.74) is 1.06. The molecule has 0 aliphatic carbocycles. The molecule has 2 atom stereocenters. The van der Waals surface area contributed by atoms with Gasteiger partial charge in [0.05, 0.1) is 18.1 Å². The Labute approximate surface area is 171 Å². The lowest BCUT2D eigenvalue weighted by atomic mass is 10.1. The molecule has 0 heterocycles. The van der Waals surface area contributed by atoms with Crippen LogP contribution in [0.3, 0.4) is 0 Å². The highest BCUT2D eigenvalue weighted by molar-refractivity contribution is 7.83. The summed E-state index contributed by atoms with van der Waals surface area (Å²) in [4.78, 5) is 0.581. The zero-order valence-corrected chi connectivity index (χ0v) is 19.7. The molecule has 0 aromatic heterocycles. The van der Waals surface area contributed by atoms with Crippen LogP contribution in [0.25, 0.3) is 0 Å². The van der Waals surface area contributed by atoms with E-state index < -0.39 is 29.6 Å². The van der Waals surface area contributed by atoms with Gasteiger partial charge in [0.1, 0.15) is 16.3 Å². The molecule has 162 valence electrons. The minimum Gasteiger partial charge on any atom is -0.353 e. The lowest BCUT2D eigenvalue weighted by Gasteiger charge is -2.38. The summed E-state index contributed by atoms with van der Waals surface area (Å²) in [6, 6.07) is 7.31. The lowest BCUT2D eigenvalue weighted by Crippen LogP contribution is -2.46. The largest absolute Gasteiger partial charge is 0.353 e. The monoisotopic (exact) mass is 435 g/mol. The summed E-state index contributed by atoms with van der Waals surface area (Å²) in [7, 11) is -2.17. The van der Waals surface area contributed by atoms with Crippen molar-refractivity contribution in [3.8, 4) is 0 Å². The number of rotatable bonds is 13. The van der Waals surface area contributed by atoms with Crippen molar-refractivity contribution in [3.05, 3.63) is 29.8 Å². The van der Waals surface area contributed by atoms with E-state index in [1.165, 1.54) is 0 Å². The molecule has 1 aromatic carbocycles. The number of benzene rings is 1. The molecular formula is C19H34NO6PS. The Hall–Kier alpha value is -0.600. The van der Waals surface area contributed by atoms with E-state index in [0.29, 0.717) is 17.7 Å². The molecule has 0 unspecified atom stereocenters. The van der Waals surface area contributed by atoms with E-state index >= 15 is 0 Å². The van der Waals surface area contributed by atoms with Crippen LogP contribution in [0.5, 0.6) is 0 Å². The molecule has 0 amide bonds. The van der Waals surface area contributed by atoms with Crippen molar-refractivity contribution in [2.45, 2.75) is 63.4 Å². The van der Waals surface area contributed by atoms with Crippen LogP contribution in [0.2, 0.25) is 0 Å². The minimum atomic E-state index is -3.65. The quantitative estimate of drug-likeness (QED) is 0.366. The Balaban J connectivity index is 3.23. The smallest absolute Gasteiger partial charge is 0.351 e. The number of nitrogens with one attached hydrogen (secondary N) is 1. The van der Waals surface area contributed by atoms with Crippen LogP contribution < -0.4 is 4.72 Å². The standard InChI is InChI=1S/C19H34NO6PS/c1-8-25-27(21,26-9-2)18(4,14-15-19(5,23-6)24-7)20-28(22)17-12-10-16(3)11-13-17/h10-13,20H,8-9,14-15H2,1-7H3/t18-,28+/m1/s1. The molecule has 1 N–H and O–H groups in total. The van der Waals surface area contributed by atoms with Crippen molar-refractivity contribution in [2.75, 3.05) is 27.4 Å². The molecule has 0 aliphatic rings. The van der Waals surface area contributed by atoms with Gasteiger partial charge in [-0.05, 0) is 53.2 Å². The van der Waals surface area contributed by atoms with Crippen molar-refractivity contribution < 1.29 is 27.3 Å². The van der Waals surface area contributed by atoms with Gasteiger partial charge in [0.2, 0.25) is 0 Å². The van der Waals surface area contributed by atoms with E-state index in [-0.39, 0.29) is 13.2 Å². The number of aryl methyl sites for hydroxylation is 1. The van der Waals surface area contributed by atoms with Gasteiger partial charge in [-0.3, -0.25) is 4.57 Å². The lowest BCUT2D eigenvalue weighted by molar-refractivity contribution is -0.198. The predicted molar refractivity (Wildman–Crippen MR) is 112 cm³/mol. The Morgan fingerprint density at radius 1 is 1.00 bits per heavy atom. The minimum absolute atomic E-state index is 0.206. The van der Waals surface area contributed by atoms with Crippen molar-refractivity contribution in [2.24, 2.45) is 0 Å².